The molecule has 0 radical (unpaired) electrons. The second kappa shape index (κ2) is 5.71. The van der Waals surface area contributed by atoms with Crippen molar-refractivity contribution >= 4 is 29.0 Å². The number of rotatable bonds is 3. The Bertz CT molecular complexity index is 669. The van der Waals surface area contributed by atoms with Crippen LogP contribution in [0.4, 0.5) is 5.69 Å². The van der Waals surface area contributed by atoms with E-state index in [1.165, 1.54) is 43.3 Å². The number of carbonyl (C=O) groups excluding carboxylic acids is 2. The van der Waals surface area contributed by atoms with E-state index in [1.54, 1.807) is 0 Å². The van der Waals surface area contributed by atoms with E-state index < -0.39 is 5.78 Å². The average Bonchev–Trinajstić information content (AvgIpc) is 2.40. The first kappa shape index (κ1) is 14.0. The average molecular weight is 291 g/mol. The zero-order valence-electron chi connectivity index (χ0n) is 10.6. The van der Waals surface area contributed by atoms with Crippen LogP contribution in [0.15, 0.2) is 36.4 Å². The fraction of sp³-hybridized carbons (Fsp3) is 0.0714. The molecule has 0 saturated carbocycles. The first-order valence-electron chi connectivity index (χ1n) is 5.75. The number of aromatic hydroxyl groups is 1. The van der Waals surface area contributed by atoms with E-state index in [9.17, 15) is 14.7 Å². The molecule has 1 heterocycles. The molecule has 5 nitrogen and oxygen atoms in total. The summed E-state index contributed by atoms with van der Waals surface area (Å²) in [6, 6.07) is 8.74. The van der Waals surface area contributed by atoms with Gasteiger partial charge >= 0.3 is 0 Å². The summed E-state index contributed by atoms with van der Waals surface area (Å²) >= 11 is 5.79. The van der Waals surface area contributed by atoms with Crippen LogP contribution in [0.2, 0.25) is 5.15 Å². The van der Waals surface area contributed by atoms with E-state index in [2.05, 4.69) is 10.3 Å². The van der Waals surface area contributed by atoms with Crippen molar-refractivity contribution in [2.24, 2.45) is 0 Å². The minimum absolute atomic E-state index is 0.0541. The summed E-state index contributed by atoms with van der Waals surface area (Å²) in [4.78, 5) is 27.5. The summed E-state index contributed by atoms with van der Waals surface area (Å²) in [7, 11) is 0. The predicted octanol–water partition coefficient (Wildman–Crippen LogP) is 2.63. The Hall–Kier alpha value is -2.40. The number of nitrogens with one attached hydrogen (secondary N) is 1. The highest BCUT2D eigenvalue weighted by atomic mass is 35.5. The van der Waals surface area contributed by atoms with Crippen molar-refractivity contribution in [3.05, 3.63) is 52.8 Å². The van der Waals surface area contributed by atoms with Crippen LogP contribution >= 0.6 is 11.6 Å². The number of benzene rings is 1. The highest BCUT2D eigenvalue weighted by molar-refractivity contribution is 6.30. The maximum Gasteiger partial charge on any atom is 0.221 e. The Labute approximate surface area is 120 Å². The quantitative estimate of drug-likeness (QED) is 0.673. The van der Waals surface area contributed by atoms with Gasteiger partial charge in [-0.15, -0.1) is 0 Å². The number of carbonyl (C=O) groups is 2. The second-order valence-corrected chi connectivity index (χ2v) is 4.47. The minimum Gasteiger partial charge on any atom is -0.508 e. The van der Waals surface area contributed by atoms with Gasteiger partial charge in [-0.05, 0) is 36.4 Å². The van der Waals surface area contributed by atoms with Crippen molar-refractivity contribution in [2.45, 2.75) is 6.92 Å². The summed E-state index contributed by atoms with van der Waals surface area (Å²) in [6.07, 6.45) is 0. The molecule has 0 atom stereocenters. The first-order valence-corrected chi connectivity index (χ1v) is 6.13. The number of ketones is 1. The van der Waals surface area contributed by atoms with Crippen LogP contribution in [-0.2, 0) is 4.79 Å². The number of aromatic nitrogens is 1. The molecule has 0 aliphatic carbocycles. The van der Waals surface area contributed by atoms with Crippen molar-refractivity contribution in [1.82, 2.24) is 4.98 Å². The smallest absolute Gasteiger partial charge is 0.221 e. The summed E-state index contributed by atoms with van der Waals surface area (Å²) in [5.41, 5.74) is 0.683. The Morgan fingerprint density at radius 1 is 1.15 bits per heavy atom. The first-order chi connectivity index (χ1) is 9.47. The molecule has 0 aliphatic rings. The molecule has 1 aromatic carbocycles. The molecule has 0 unspecified atom stereocenters. The zero-order chi connectivity index (χ0) is 14.7. The van der Waals surface area contributed by atoms with Crippen LogP contribution in [0, 0.1) is 0 Å². The van der Waals surface area contributed by atoms with Gasteiger partial charge in [-0.25, -0.2) is 4.98 Å². The van der Waals surface area contributed by atoms with Crippen LogP contribution in [0.1, 0.15) is 23.0 Å². The Morgan fingerprint density at radius 3 is 2.40 bits per heavy atom. The van der Waals surface area contributed by atoms with Crippen LogP contribution in [-0.4, -0.2) is 21.8 Å². The van der Waals surface area contributed by atoms with Crippen molar-refractivity contribution in [3.8, 4) is 5.75 Å². The fourth-order valence-corrected chi connectivity index (χ4v) is 1.80. The Kier molecular flexibility index (Phi) is 4.00. The van der Waals surface area contributed by atoms with Gasteiger partial charge in [0.1, 0.15) is 16.6 Å². The van der Waals surface area contributed by atoms with Crippen LogP contribution in [0.25, 0.3) is 0 Å². The van der Waals surface area contributed by atoms with Crippen molar-refractivity contribution in [1.29, 1.82) is 0 Å². The number of phenols is 1. The molecule has 1 amide bonds. The number of hydrogen-bond donors (Lipinski definition) is 2. The minimum atomic E-state index is -0.392. The van der Waals surface area contributed by atoms with Crippen LogP contribution < -0.4 is 5.32 Å². The molecule has 2 aromatic rings. The molecule has 2 N–H and O–H groups in total. The summed E-state index contributed by atoms with van der Waals surface area (Å²) in [6.45, 7) is 1.34. The standard InChI is InChI=1S/C14H11ClN2O3/c1-8(18)16-11-6-7-12(15)17-13(11)14(20)9-2-4-10(19)5-3-9/h2-7,19H,1H3,(H,16,18). The summed E-state index contributed by atoms with van der Waals surface area (Å²) in [5.74, 6) is -0.646. The largest absolute Gasteiger partial charge is 0.508 e. The van der Waals surface area contributed by atoms with Gasteiger partial charge in [-0.3, -0.25) is 9.59 Å². The van der Waals surface area contributed by atoms with Gasteiger partial charge in [0.2, 0.25) is 11.7 Å². The molecule has 0 bridgehead atoms. The van der Waals surface area contributed by atoms with Crippen LogP contribution in [0.3, 0.4) is 0 Å². The van der Waals surface area contributed by atoms with Gasteiger partial charge < -0.3 is 10.4 Å². The molecule has 1 aromatic heterocycles. The molecule has 0 fully saturated rings. The third-order valence-corrected chi connectivity index (χ3v) is 2.73. The van der Waals surface area contributed by atoms with E-state index >= 15 is 0 Å². The van der Waals surface area contributed by atoms with Crippen LogP contribution in [0.5, 0.6) is 5.75 Å². The summed E-state index contributed by atoms with van der Waals surface area (Å²) in [5, 5.41) is 11.9. The maximum atomic E-state index is 12.4. The SMILES string of the molecule is CC(=O)Nc1ccc(Cl)nc1C(=O)c1ccc(O)cc1. The molecule has 2 rings (SSSR count). The second-order valence-electron chi connectivity index (χ2n) is 4.09. The molecule has 102 valence electrons. The molecule has 6 heteroatoms. The van der Waals surface area contributed by atoms with Crippen molar-refractivity contribution in [2.75, 3.05) is 5.32 Å². The molecule has 0 saturated heterocycles. The molecular formula is C14H11ClN2O3. The number of hydrogen-bond acceptors (Lipinski definition) is 4. The normalized spacial score (nSPS) is 10.1. The highest BCUT2D eigenvalue weighted by Gasteiger charge is 2.17. The fourth-order valence-electron chi connectivity index (χ4n) is 1.65. The van der Waals surface area contributed by atoms with E-state index in [1.807, 2.05) is 0 Å². The van der Waals surface area contributed by atoms with E-state index in [0.717, 1.165) is 0 Å². The van der Waals surface area contributed by atoms with Crippen molar-refractivity contribution in [3.63, 3.8) is 0 Å². The topological polar surface area (TPSA) is 79.3 Å². The number of pyridine rings is 1. The van der Waals surface area contributed by atoms with E-state index in [-0.39, 0.29) is 22.5 Å². The number of amides is 1. The number of phenolic OH excluding ortho intramolecular Hbond substituents is 1. The van der Waals surface area contributed by atoms with Crippen molar-refractivity contribution < 1.29 is 14.7 Å². The Balaban J connectivity index is 2.44. The number of nitrogens with zero attached hydrogens (tertiary/aromatic N) is 1. The molecule has 0 spiro atoms. The van der Waals surface area contributed by atoms with Gasteiger partial charge in [0, 0.05) is 12.5 Å². The zero-order valence-corrected chi connectivity index (χ0v) is 11.3. The molecular weight excluding hydrogens is 280 g/mol. The lowest BCUT2D eigenvalue weighted by atomic mass is 10.1. The lowest BCUT2D eigenvalue weighted by molar-refractivity contribution is -0.114. The maximum absolute atomic E-state index is 12.4. The lowest BCUT2D eigenvalue weighted by Gasteiger charge is -2.08. The molecule has 20 heavy (non-hydrogen) atoms. The monoisotopic (exact) mass is 290 g/mol. The Morgan fingerprint density at radius 2 is 1.80 bits per heavy atom. The van der Waals surface area contributed by atoms with Gasteiger partial charge in [0.25, 0.3) is 0 Å². The van der Waals surface area contributed by atoms with E-state index in [0.29, 0.717) is 11.3 Å². The lowest BCUT2D eigenvalue weighted by Crippen LogP contribution is -2.13. The van der Waals surface area contributed by atoms with Gasteiger partial charge in [-0.2, -0.15) is 0 Å². The van der Waals surface area contributed by atoms with Gasteiger partial charge in [0.15, 0.2) is 0 Å². The third-order valence-electron chi connectivity index (χ3n) is 2.52. The van der Waals surface area contributed by atoms with E-state index in [4.69, 9.17) is 11.6 Å². The van der Waals surface area contributed by atoms with Gasteiger partial charge in [-0.1, -0.05) is 11.6 Å². The molecule has 0 aliphatic heterocycles. The predicted molar refractivity (Wildman–Crippen MR) is 75.1 cm³/mol. The third kappa shape index (κ3) is 3.13. The number of anilines is 1. The highest BCUT2D eigenvalue weighted by Crippen LogP contribution is 2.21. The number of halogens is 1. The van der Waals surface area contributed by atoms with Gasteiger partial charge in [0.05, 0.1) is 5.69 Å². The summed E-state index contributed by atoms with van der Waals surface area (Å²) < 4.78 is 0.